The molecule has 2 aromatic rings. The van der Waals surface area contributed by atoms with Gasteiger partial charge in [0.15, 0.2) is 5.67 Å². The van der Waals surface area contributed by atoms with Gasteiger partial charge in [-0.05, 0) is 35.3 Å². The van der Waals surface area contributed by atoms with Crippen LogP contribution in [0.4, 0.5) is 35.1 Å². The monoisotopic (exact) mass is 460 g/mol. The van der Waals surface area contributed by atoms with Crippen molar-refractivity contribution in [3.8, 4) is 0 Å². The number of rotatable bonds is 6. The van der Waals surface area contributed by atoms with Crippen LogP contribution in [-0.4, -0.2) is 12.3 Å². The first-order valence-corrected chi connectivity index (χ1v) is 9.96. The molecular formula is C24H20F8. The molecule has 1 aliphatic rings. The van der Waals surface area contributed by atoms with E-state index in [-0.39, 0.29) is 5.56 Å². The van der Waals surface area contributed by atoms with Gasteiger partial charge in [-0.1, -0.05) is 61.9 Å². The summed E-state index contributed by atoms with van der Waals surface area (Å²) in [5.74, 6) is -5.87. The molecule has 0 saturated carbocycles. The maximum Gasteiger partial charge on any atom is 0.426 e. The quantitative estimate of drug-likeness (QED) is 0.382. The number of allylic oxidation sites excluding steroid dienone is 4. The zero-order chi connectivity index (χ0) is 23.7. The molecule has 0 N–H and O–H groups in total. The Morgan fingerprint density at radius 3 is 2.34 bits per heavy atom. The van der Waals surface area contributed by atoms with Gasteiger partial charge in [-0.15, -0.1) is 0 Å². The first-order valence-electron chi connectivity index (χ1n) is 9.96. The molecule has 0 bridgehead atoms. The molecule has 0 nitrogen and oxygen atoms in total. The Morgan fingerprint density at radius 1 is 1.00 bits per heavy atom. The van der Waals surface area contributed by atoms with Gasteiger partial charge < -0.3 is 0 Å². The molecule has 32 heavy (non-hydrogen) atoms. The highest BCUT2D eigenvalue weighted by atomic mass is 19.4. The molecule has 0 fully saturated rings. The molecule has 0 aliphatic heterocycles. The molecule has 0 saturated heterocycles. The number of halogens is 8. The van der Waals surface area contributed by atoms with Gasteiger partial charge in [0.05, 0.1) is 0 Å². The topological polar surface area (TPSA) is 0 Å². The molecule has 2 atom stereocenters. The molecule has 0 radical (unpaired) electrons. The van der Waals surface area contributed by atoms with E-state index in [9.17, 15) is 30.7 Å². The van der Waals surface area contributed by atoms with Gasteiger partial charge in [0.2, 0.25) is 0 Å². The van der Waals surface area contributed by atoms with E-state index in [1.165, 1.54) is 12.1 Å². The van der Waals surface area contributed by atoms with Crippen molar-refractivity contribution in [3.05, 3.63) is 88.8 Å². The van der Waals surface area contributed by atoms with Gasteiger partial charge in [0.1, 0.15) is 5.83 Å². The largest absolute Gasteiger partial charge is 0.426 e. The van der Waals surface area contributed by atoms with Gasteiger partial charge in [-0.25, -0.2) is 13.2 Å². The van der Waals surface area contributed by atoms with E-state index in [0.717, 1.165) is 30.2 Å². The van der Waals surface area contributed by atoms with Crippen LogP contribution in [0, 0.1) is 0 Å². The summed E-state index contributed by atoms with van der Waals surface area (Å²) in [6, 6.07) is 9.50. The first-order chi connectivity index (χ1) is 14.9. The van der Waals surface area contributed by atoms with E-state index in [4.69, 9.17) is 0 Å². The van der Waals surface area contributed by atoms with Gasteiger partial charge >= 0.3 is 12.1 Å². The third-order valence-electron chi connectivity index (χ3n) is 5.36. The molecule has 1 aliphatic carbocycles. The fourth-order valence-electron chi connectivity index (χ4n) is 3.82. The van der Waals surface area contributed by atoms with Crippen molar-refractivity contribution >= 4 is 5.57 Å². The average molecular weight is 460 g/mol. The van der Waals surface area contributed by atoms with Gasteiger partial charge in [0.25, 0.3) is 6.17 Å². The molecule has 0 aromatic heterocycles. The maximum absolute atomic E-state index is 16.3. The van der Waals surface area contributed by atoms with E-state index in [2.05, 4.69) is 0 Å². The Bertz CT molecular complexity index is 1030. The highest BCUT2D eigenvalue weighted by Crippen LogP contribution is 2.49. The van der Waals surface area contributed by atoms with Crippen molar-refractivity contribution in [2.75, 3.05) is 0 Å². The Morgan fingerprint density at radius 2 is 1.69 bits per heavy atom. The van der Waals surface area contributed by atoms with Crippen molar-refractivity contribution in [3.63, 3.8) is 0 Å². The van der Waals surface area contributed by atoms with Gasteiger partial charge in [-0.2, -0.15) is 22.0 Å². The molecule has 0 amide bonds. The van der Waals surface area contributed by atoms with Crippen molar-refractivity contribution in [2.45, 2.75) is 50.1 Å². The Kier molecular flexibility index (Phi) is 6.54. The van der Waals surface area contributed by atoms with Gasteiger partial charge in [0, 0.05) is 17.6 Å². The minimum absolute atomic E-state index is 0.191. The minimum Gasteiger partial charge on any atom is -0.233 e. The lowest BCUT2D eigenvalue weighted by Crippen LogP contribution is -2.39. The van der Waals surface area contributed by atoms with Crippen molar-refractivity contribution in [2.24, 2.45) is 0 Å². The van der Waals surface area contributed by atoms with E-state index in [1.807, 2.05) is 6.92 Å². The number of alkyl halides is 7. The van der Waals surface area contributed by atoms with E-state index in [1.54, 1.807) is 18.2 Å². The zero-order valence-electron chi connectivity index (χ0n) is 17.0. The van der Waals surface area contributed by atoms with Crippen LogP contribution in [0.2, 0.25) is 0 Å². The molecule has 8 heteroatoms. The second-order valence-corrected chi connectivity index (χ2v) is 7.69. The third kappa shape index (κ3) is 4.45. The van der Waals surface area contributed by atoms with Crippen LogP contribution in [-0.2, 0) is 18.0 Å². The second-order valence-electron chi connectivity index (χ2n) is 7.69. The average Bonchev–Trinajstić information content (AvgIpc) is 2.73. The van der Waals surface area contributed by atoms with Crippen LogP contribution in [0.1, 0.15) is 42.0 Å². The van der Waals surface area contributed by atoms with Crippen LogP contribution in [0.15, 0.2) is 66.5 Å². The zero-order valence-corrected chi connectivity index (χ0v) is 17.0. The smallest absolute Gasteiger partial charge is 0.233 e. The highest BCUT2D eigenvalue weighted by Gasteiger charge is 2.58. The predicted octanol–water partition coefficient (Wildman–Crippen LogP) is 8.14. The summed E-state index contributed by atoms with van der Waals surface area (Å²) in [5, 5.41) is 0. The first kappa shape index (κ1) is 24.0. The lowest BCUT2D eigenvalue weighted by atomic mass is 9.77. The molecule has 2 unspecified atom stereocenters. The summed E-state index contributed by atoms with van der Waals surface area (Å²) >= 11 is 0. The molecule has 3 rings (SSSR count). The predicted molar refractivity (Wildman–Crippen MR) is 106 cm³/mol. The van der Waals surface area contributed by atoms with Crippen LogP contribution >= 0.6 is 0 Å². The van der Waals surface area contributed by atoms with E-state index in [0.29, 0.717) is 18.6 Å². The number of aryl methyl sites for hydroxylation is 1. The summed E-state index contributed by atoms with van der Waals surface area (Å²) < 4.78 is 111. The Hall–Kier alpha value is -2.64. The summed E-state index contributed by atoms with van der Waals surface area (Å²) in [6.07, 6.45) is -7.05. The summed E-state index contributed by atoms with van der Waals surface area (Å²) in [5.41, 5.74) is -3.87. The van der Waals surface area contributed by atoms with Crippen molar-refractivity contribution in [1.29, 1.82) is 0 Å². The van der Waals surface area contributed by atoms with Crippen LogP contribution in [0.25, 0.3) is 5.57 Å². The Labute approximate surface area is 180 Å². The van der Waals surface area contributed by atoms with E-state index < -0.39 is 52.9 Å². The van der Waals surface area contributed by atoms with Crippen LogP contribution in [0.5, 0.6) is 0 Å². The normalized spacial score (nSPS) is 20.5. The number of hydrogen-bond donors (Lipinski definition) is 0. The van der Waals surface area contributed by atoms with Gasteiger partial charge in [-0.3, -0.25) is 0 Å². The minimum atomic E-state index is -5.81. The summed E-state index contributed by atoms with van der Waals surface area (Å²) in [6.45, 7) is 1.93. The van der Waals surface area contributed by atoms with Crippen molar-refractivity contribution in [1.82, 2.24) is 0 Å². The molecular weight excluding hydrogens is 440 g/mol. The SMILES string of the molecule is CCCc1cccc(C2=C(F)C=CCC2(F)c2cccc(C(F)(F)C(F)C(F)(F)F)c2)c1. The van der Waals surface area contributed by atoms with Crippen LogP contribution in [0.3, 0.4) is 0 Å². The molecule has 0 spiro atoms. The highest BCUT2D eigenvalue weighted by molar-refractivity contribution is 5.78. The third-order valence-corrected chi connectivity index (χ3v) is 5.36. The second kappa shape index (κ2) is 8.71. The fraction of sp³-hybridized carbons (Fsp3) is 0.333. The number of benzene rings is 2. The maximum atomic E-state index is 16.3. The standard InChI is InChI=1S/C24H20F8/c1-2-6-15-7-3-8-16(13-15)20-19(25)11-5-12-22(20,27)17-9-4-10-18(14-17)23(28,29)21(26)24(30,31)32/h3-5,7-11,13-14,21H,2,6,12H2,1H3. The number of hydrogen-bond acceptors (Lipinski definition) is 0. The summed E-state index contributed by atoms with van der Waals surface area (Å²) in [4.78, 5) is 0. The lowest BCUT2D eigenvalue weighted by Gasteiger charge is -2.32. The molecule has 0 heterocycles. The Balaban J connectivity index is 2.11. The molecule has 2 aromatic carbocycles. The van der Waals surface area contributed by atoms with Crippen LogP contribution < -0.4 is 0 Å². The fourth-order valence-corrected chi connectivity index (χ4v) is 3.82. The molecule has 172 valence electrons. The lowest BCUT2D eigenvalue weighted by molar-refractivity contribution is -0.248. The summed E-state index contributed by atoms with van der Waals surface area (Å²) in [7, 11) is 0. The van der Waals surface area contributed by atoms with Crippen molar-refractivity contribution < 1.29 is 35.1 Å². The van der Waals surface area contributed by atoms with E-state index >= 15 is 4.39 Å².